The van der Waals surface area contributed by atoms with E-state index in [9.17, 15) is 4.79 Å². The van der Waals surface area contributed by atoms with Crippen molar-refractivity contribution in [1.29, 1.82) is 5.26 Å². The molecule has 1 fully saturated rings. The summed E-state index contributed by atoms with van der Waals surface area (Å²) in [6.45, 7) is 9.85. The fraction of sp³-hybridized carbons (Fsp3) is 0.882. The molecule has 1 aliphatic heterocycles. The molecule has 0 N–H and O–H groups in total. The highest BCUT2D eigenvalue weighted by molar-refractivity contribution is 5.68. The summed E-state index contributed by atoms with van der Waals surface area (Å²) in [4.78, 5) is 13.9. The smallest absolute Gasteiger partial charge is 0.410 e. The van der Waals surface area contributed by atoms with Gasteiger partial charge in [-0.25, -0.2) is 4.79 Å². The molecule has 0 spiro atoms. The van der Waals surface area contributed by atoms with Crippen LogP contribution in [0.15, 0.2) is 0 Å². The lowest BCUT2D eigenvalue weighted by molar-refractivity contribution is -0.0875. The highest BCUT2D eigenvalue weighted by Crippen LogP contribution is 2.30. The van der Waals surface area contributed by atoms with Crippen LogP contribution in [0.4, 0.5) is 4.79 Å². The van der Waals surface area contributed by atoms with Crippen LogP contribution >= 0.6 is 0 Å². The van der Waals surface area contributed by atoms with E-state index in [0.717, 1.165) is 32.1 Å². The first-order valence-electron chi connectivity index (χ1n) is 8.31. The highest BCUT2D eigenvalue weighted by Gasteiger charge is 2.36. The van der Waals surface area contributed by atoms with Crippen LogP contribution in [0.1, 0.15) is 66.2 Å². The Morgan fingerprint density at radius 1 is 1.27 bits per heavy atom. The maximum Gasteiger partial charge on any atom is 0.410 e. The molecule has 126 valence electrons. The molecule has 1 rings (SSSR count). The van der Waals surface area contributed by atoms with Gasteiger partial charge in [0.1, 0.15) is 5.60 Å². The molecular weight excluding hydrogens is 280 g/mol. The van der Waals surface area contributed by atoms with Crippen molar-refractivity contribution in [1.82, 2.24) is 4.90 Å². The van der Waals surface area contributed by atoms with E-state index in [1.807, 2.05) is 20.8 Å². The Hall–Kier alpha value is -1.28. The van der Waals surface area contributed by atoms with Gasteiger partial charge in [0.15, 0.2) is 0 Å². The van der Waals surface area contributed by atoms with Gasteiger partial charge in [0.25, 0.3) is 0 Å². The van der Waals surface area contributed by atoms with Crippen molar-refractivity contribution in [3.05, 3.63) is 0 Å². The van der Waals surface area contributed by atoms with E-state index in [1.165, 1.54) is 0 Å². The predicted molar refractivity (Wildman–Crippen MR) is 85.5 cm³/mol. The predicted octanol–water partition coefficient (Wildman–Crippen LogP) is 3.88. The fourth-order valence-electron chi connectivity index (χ4n) is 2.62. The molecule has 0 radical (unpaired) electrons. The molecule has 0 aromatic rings. The van der Waals surface area contributed by atoms with E-state index in [4.69, 9.17) is 14.7 Å². The molecule has 5 heteroatoms. The summed E-state index contributed by atoms with van der Waals surface area (Å²) in [5, 5.41) is 8.53. The van der Waals surface area contributed by atoms with E-state index in [-0.39, 0.29) is 11.7 Å². The van der Waals surface area contributed by atoms with Crippen molar-refractivity contribution in [2.75, 3.05) is 19.7 Å². The second-order valence-corrected chi connectivity index (χ2v) is 6.97. The Labute approximate surface area is 134 Å². The van der Waals surface area contributed by atoms with E-state index < -0.39 is 5.60 Å². The Morgan fingerprint density at radius 3 is 2.41 bits per heavy atom. The Kier molecular flexibility index (Phi) is 7.15. The average Bonchev–Trinajstić information content (AvgIpc) is 2.46. The van der Waals surface area contributed by atoms with E-state index in [1.54, 1.807) is 4.90 Å². The zero-order valence-corrected chi connectivity index (χ0v) is 14.5. The number of carbonyl (C=O) groups is 1. The van der Waals surface area contributed by atoms with Crippen LogP contribution in [0.5, 0.6) is 0 Å². The van der Waals surface area contributed by atoms with Crippen molar-refractivity contribution in [3.63, 3.8) is 0 Å². The van der Waals surface area contributed by atoms with E-state index in [2.05, 4.69) is 13.0 Å². The summed E-state index contributed by atoms with van der Waals surface area (Å²) in [5.74, 6) is 0. The molecule has 1 amide bonds. The third-order valence-electron chi connectivity index (χ3n) is 4.06. The molecule has 0 atom stereocenters. The molecule has 1 aliphatic rings. The van der Waals surface area contributed by atoms with Crippen LogP contribution in [0.3, 0.4) is 0 Å². The molecule has 22 heavy (non-hydrogen) atoms. The number of piperidine rings is 1. The van der Waals surface area contributed by atoms with Gasteiger partial charge in [-0.3, -0.25) is 0 Å². The molecule has 0 aromatic heterocycles. The van der Waals surface area contributed by atoms with Crippen LogP contribution < -0.4 is 0 Å². The zero-order chi connectivity index (χ0) is 16.6. The second kappa shape index (κ2) is 8.38. The minimum atomic E-state index is -0.451. The molecule has 0 aliphatic carbocycles. The maximum atomic E-state index is 12.1. The van der Waals surface area contributed by atoms with Crippen LogP contribution in [0.2, 0.25) is 0 Å². The average molecular weight is 310 g/mol. The summed E-state index contributed by atoms with van der Waals surface area (Å²) in [6, 6.07) is 2.15. The van der Waals surface area contributed by atoms with Crippen molar-refractivity contribution < 1.29 is 14.3 Å². The van der Waals surface area contributed by atoms with Gasteiger partial charge in [0.2, 0.25) is 0 Å². The number of hydrogen-bond donors (Lipinski definition) is 0. The third-order valence-corrected chi connectivity index (χ3v) is 4.06. The Bertz CT molecular complexity index is 388. The van der Waals surface area contributed by atoms with Gasteiger partial charge in [-0.2, -0.15) is 5.26 Å². The normalized spacial score (nSPS) is 17.9. The first kappa shape index (κ1) is 18.8. The van der Waals surface area contributed by atoms with E-state index >= 15 is 0 Å². The van der Waals surface area contributed by atoms with Crippen molar-refractivity contribution in [3.8, 4) is 6.07 Å². The lowest BCUT2D eigenvalue weighted by Crippen LogP contribution is -2.49. The van der Waals surface area contributed by atoms with E-state index in [0.29, 0.717) is 26.1 Å². The highest BCUT2D eigenvalue weighted by atomic mass is 16.6. The summed E-state index contributed by atoms with van der Waals surface area (Å²) in [7, 11) is 0. The number of nitrogens with zero attached hydrogens (tertiary/aromatic N) is 2. The number of amides is 1. The lowest BCUT2D eigenvalue weighted by Gasteiger charge is -2.41. The van der Waals surface area contributed by atoms with Gasteiger partial charge in [0, 0.05) is 26.1 Å². The Morgan fingerprint density at radius 2 is 1.91 bits per heavy atom. The summed E-state index contributed by atoms with van der Waals surface area (Å²) < 4.78 is 11.5. The number of unbranched alkanes of at least 4 members (excludes halogenated alkanes) is 2. The largest absolute Gasteiger partial charge is 0.444 e. The summed E-state index contributed by atoms with van der Waals surface area (Å²) in [5.41, 5.74) is -0.571. The number of rotatable bonds is 6. The van der Waals surface area contributed by atoms with Gasteiger partial charge >= 0.3 is 6.09 Å². The lowest BCUT2D eigenvalue weighted by atomic mass is 9.88. The minimum absolute atomic E-state index is 0.120. The van der Waals surface area contributed by atoms with Gasteiger partial charge in [-0.1, -0.05) is 6.92 Å². The minimum Gasteiger partial charge on any atom is -0.444 e. The summed E-state index contributed by atoms with van der Waals surface area (Å²) in [6.07, 6.45) is 4.82. The van der Waals surface area contributed by atoms with Crippen LogP contribution in [0.25, 0.3) is 0 Å². The first-order valence-corrected chi connectivity index (χ1v) is 8.31. The first-order chi connectivity index (χ1) is 10.3. The molecule has 0 saturated carbocycles. The number of nitriles is 1. The number of carbonyl (C=O) groups excluding carboxylic acids is 1. The molecule has 0 aromatic carbocycles. The molecule has 0 unspecified atom stereocenters. The monoisotopic (exact) mass is 310 g/mol. The third kappa shape index (κ3) is 6.23. The number of likely N-dealkylation sites (tertiary alicyclic amines) is 1. The molecule has 1 heterocycles. The van der Waals surface area contributed by atoms with Crippen LogP contribution in [-0.4, -0.2) is 41.9 Å². The fourth-order valence-corrected chi connectivity index (χ4v) is 2.62. The second-order valence-electron chi connectivity index (χ2n) is 6.97. The summed E-state index contributed by atoms with van der Waals surface area (Å²) >= 11 is 0. The number of ether oxygens (including phenoxy) is 2. The molecule has 1 saturated heterocycles. The van der Waals surface area contributed by atoms with Gasteiger partial charge < -0.3 is 14.4 Å². The van der Waals surface area contributed by atoms with Gasteiger partial charge in [-0.05, 0) is 52.9 Å². The van der Waals surface area contributed by atoms with Gasteiger partial charge in [0.05, 0.1) is 11.7 Å². The molecular formula is C17H30N2O3. The van der Waals surface area contributed by atoms with Crippen molar-refractivity contribution in [2.24, 2.45) is 0 Å². The topological polar surface area (TPSA) is 62.6 Å². The Balaban J connectivity index is 2.40. The molecule has 5 nitrogen and oxygen atoms in total. The van der Waals surface area contributed by atoms with Crippen molar-refractivity contribution in [2.45, 2.75) is 77.4 Å². The number of hydrogen-bond acceptors (Lipinski definition) is 4. The van der Waals surface area contributed by atoms with Crippen LogP contribution in [0, 0.1) is 11.3 Å². The van der Waals surface area contributed by atoms with Gasteiger partial charge in [-0.15, -0.1) is 0 Å². The van der Waals surface area contributed by atoms with Crippen molar-refractivity contribution >= 4 is 6.09 Å². The van der Waals surface area contributed by atoms with Crippen LogP contribution in [-0.2, 0) is 9.47 Å². The molecule has 0 bridgehead atoms. The zero-order valence-electron chi connectivity index (χ0n) is 14.5. The SMILES string of the molecule is CCC1(OCCCCC#N)CCN(C(=O)OC(C)(C)C)CC1. The quantitative estimate of drug-likeness (QED) is 0.698. The standard InChI is InChI=1S/C17H30N2O3/c1-5-17(21-14-8-6-7-11-18)9-12-19(13-10-17)15(20)22-16(2,3)4/h5-10,12-14H2,1-4H3. The maximum absolute atomic E-state index is 12.1.